The van der Waals surface area contributed by atoms with Crippen LogP contribution >= 0.6 is 0 Å². The number of ketones is 1. The van der Waals surface area contributed by atoms with Gasteiger partial charge >= 0.3 is 0 Å². The van der Waals surface area contributed by atoms with E-state index >= 15 is 0 Å². The van der Waals surface area contributed by atoms with E-state index in [2.05, 4.69) is 6.92 Å². The van der Waals surface area contributed by atoms with Crippen LogP contribution in [0.1, 0.15) is 34.0 Å². The van der Waals surface area contributed by atoms with Gasteiger partial charge in [-0.25, -0.2) is 0 Å². The number of hydrogen-bond donors (Lipinski definition) is 0. The van der Waals surface area contributed by atoms with Crippen LogP contribution in [0.5, 0.6) is 11.5 Å². The highest BCUT2D eigenvalue weighted by Gasteiger charge is 2.19. The van der Waals surface area contributed by atoms with Gasteiger partial charge in [0.15, 0.2) is 17.3 Å². The molecule has 0 spiro atoms. The zero-order valence-electron chi connectivity index (χ0n) is 18.4. The number of carbonyl (C=O) groups excluding carboxylic acids is 1. The molecule has 0 aliphatic carbocycles. The molecule has 4 rings (SSSR count). The first-order chi connectivity index (χ1) is 15.5. The standard InChI is InChI=1S/C27H25NO4/c1-4-18-10-12-20(13-11-18)26(29)22-17-28(16-19-8-6-5-7-9-19)23-15-25(32-3)24(31-2)14-21(23)27(22)30/h5-15,17H,4,16H2,1-3H3. The van der Waals surface area contributed by atoms with Gasteiger partial charge in [0.1, 0.15) is 0 Å². The molecular weight excluding hydrogens is 402 g/mol. The van der Waals surface area contributed by atoms with Crippen LogP contribution < -0.4 is 14.9 Å². The fraction of sp³-hybridized carbons (Fsp3) is 0.185. The van der Waals surface area contributed by atoms with Crippen molar-refractivity contribution in [1.29, 1.82) is 0 Å². The average Bonchev–Trinajstić information content (AvgIpc) is 2.85. The Kier molecular flexibility index (Phi) is 6.08. The Balaban J connectivity index is 1.93. The normalized spacial score (nSPS) is 10.8. The van der Waals surface area contributed by atoms with E-state index in [4.69, 9.17) is 9.47 Å². The highest BCUT2D eigenvalue weighted by Crippen LogP contribution is 2.31. The van der Waals surface area contributed by atoms with Gasteiger partial charge in [-0.2, -0.15) is 0 Å². The zero-order valence-corrected chi connectivity index (χ0v) is 18.4. The maximum Gasteiger partial charge on any atom is 0.200 e. The summed E-state index contributed by atoms with van der Waals surface area (Å²) >= 11 is 0. The second kappa shape index (κ2) is 9.10. The SMILES string of the molecule is CCc1ccc(C(=O)c2cn(Cc3ccccc3)c3cc(OC)c(OC)cc3c2=O)cc1. The lowest BCUT2D eigenvalue weighted by molar-refractivity contribution is 0.103. The summed E-state index contributed by atoms with van der Waals surface area (Å²) in [6, 6.07) is 20.7. The Morgan fingerprint density at radius 2 is 1.53 bits per heavy atom. The van der Waals surface area contributed by atoms with Crippen molar-refractivity contribution in [2.45, 2.75) is 19.9 Å². The molecule has 0 atom stereocenters. The van der Waals surface area contributed by atoms with Crippen LogP contribution in [-0.4, -0.2) is 24.6 Å². The Bertz CT molecular complexity index is 1320. The van der Waals surface area contributed by atoms with Crippen molar-refractivity contribution in [3.8, 4) is 11.5 Å². The third-order valence-corrected chi connectivity index (χ3v) is 5.65. The number of nitrogens with zero attached hydrogens (tertiary/aromatic N) is 1. The molecule has 5 heteroatoms. The molecule has 0 aliphatic rings. The number of benzene rings is 3. The van der Waals surface area contributed by atoms with Gasteiger partial charge in [0.2, 0.25) is 5.43 Å². The third kappa shape index (κ3) is 4.02. The highest BCUT2D eigenvalue weighted by molar-refractivity contribution is 6.10. The van der Waals surface area contributed by atoms with Crippen molar-refractivity contribution in [1.82, 2.24) is 4.57 Å². The topological polar surface area (TPSA) is 57.5 Å². The van der Waals surface area contributed by atoms with E-state index in [1.54, 1.807) is 37.6 Å². The molecule has 162 valence electrons. The van der Waals surface area contributed by atoms with Crippen LogP contribution in [0.3, 0.4) is 0 Å². The molecule has 0 amide bonds. The molecular formula is C27H25NO4. The highest BCUT2D eigenvalue weighted by atomic mass is 16.5. The lowest BCUT2D eigenvalue weighted by atomic mass is 10.00. The van der Waals surface area contributed by atoms with Crippen LogP contribution in [0.25, 0.3) is 10.9 Å². The Labute approximate surface area is 186 Å². The first kappa shape index (κ1) is 21.4. The van der Waals surface area contributed by atoms with Gasteiger partial charge in [0.25, 0.3) is 0 Å². The molecule has 1 heterocycles. The summed E-state index contributed by atoms with van der Waals surface area (Å²) in [5, 5.41) is 0.412. The van der Waals surface area contributed by atoms with Crippen LogP contribution in [0.4, 0.5) is 0 Å². The maximum absolute atomic E-state index is 13.4. The predicted octanol–water partition coefficient (Wildman–Crippen LogP) is 4.86. The first-order valence-corrected chi connectivity index (χ1v) is 10.5. The molecule has 0 aliphatic heterocycles. The minimum atomic E-state index is -0.324. The van der Waals surface area contributed by atoms with Gasteiger partial charge in [-0.1, -0.05) is 61.5 Å². The van der Waals surface area contributed by atoms with Crippen LogP contribution in [0.2, 0.25) is 0 Å². The van der Waals surface area contributed by atoms with Gasteiger partial charge in [-0.3, -0.25) is 9.59 Å². The van der Waals surface area contributed by atoms with Gasteiger partial charge in [-0.05, 0) is 23.6 Å². The molecule has 0 bridgehead atoms. The van der Waals surface area contributed by atoms with Gasteiger partial charge in [-0.15, -0.1) is 0 Å². The molecule has 32 heavy (non-hydrogen) atoms. The number of pyridine rings is 1. The number of methoxy groups -OCH3 is 2. The summed E-state index contributed by atoms with van der Waals surface area (Å²) in [6.45, 7) is 2.56. The molecule has 1 aromatic heterocycles. The minimum absolute atomic E-state index is 0.130. The van der Waals surface area contributed by atoms with E-state index in [0.29, 0.717) is 34.5 Å². The average molecular weight is 428 g/mol. The molecule has 4 aromatic rings. The summed E-state index contributed by atoms with van der Waals surface area (Å²) in [5.41, 5.74) is 3.16. The van der Waals surface area contributed by atoms with Crippen LogP contribution in [-0.2, 0) is 13.0 Å². The lowest BCUT2D eigenvalue weighted by Crippen LogP contribution is -2.20. The van der Waals surface area contributed by atoms with Crippen molar-refractivity contribution in [2.24, 2.45) is 0 Å². The smallest absolute Gasteiger partial charge is 0.200 e. The molecule has 0 unspecified atom stereocenters. The fourth-order valence-corrected chi connectivity index (χ4v) is 3.84. The van der Waals surface area contributed by atoms with Crippen molar-refractivity contribution in [2.75, 3.05) is 14.2 Å². The van der Waals surface area contributed by atoms with E-state index in [0.717, 1.165) is 17.5 Å². The number of aryl methyl sites for hydroxylation is 1. The molecule has 0 saturated heterocycles. The van der Waals surface area contributed by atoms with E-state index in [9.17, 15) is 9.59 Å². The summed E-state index contributed by atoms with van der Waals surface area (Å²) in [7, 11) is 3.08. The number of rotatable bonds is 7. The fourth-order valence-electron chi connectivity index (χ4n) is 3.84. The monoisotopic (exact) mass is 427 g/mol. The quantitative estimate of drug-likeness (QED) is 0.395. The van der Waals surface area contributed by atoms with Crippen molar-refractivity contribution < 1.29 is 14.3 Å². The number of hydrogen-bond acceptors (Lipinski definition) is 4. The number of aromatic nitrogens is 1. The second-order valence-electron chi connectivity index (χ2n) is 7.59. The number of ether oxygens (including phenoxy) is 2. The van der Waals surface area contributed by atoms with Gasteiger partial charge in [0, 0.05) is 24.4 Å². The van der Waals surface area contributed by atoms with Gasteiger partial charge < -0.3 is 14.0 Å². The largest absolute Gasteiger partial charge is 0.493 e. The molecule has 3 aromatic carbocycles. The van der Waals surface area contributed by atoms with Crippen molar-refractivity contribution >= 4 is 16.7 Å². The van der Waals surface area contributed by atoms with Crippen molar-refractivity contribution in [3.63, 3.8) is 0 Å². The molecule has 0 N–H and O–H groups in total. The van der Waals surface area contributed by atoms with Crippen LogP contribution in [0, 0.1) is 0 Å². The van der Waals surface area contributed by atoms with E-state index in [1.165, 1.54) is 7.11 Å². The molecule has 5 nitrogen and oxygen atoms in total. The second-order valence-corrected chi connectivity index (χ2v) is 7.59. The first-order valence-electron chi connectivity index (χ1n) is 10.5. The molecule has 0 fully saturated rings. The van der Waals surface area contributed by atoms with E-state index in [1.807, 2.05) is 47.0 Å². The zero-order chi connectivity index (χ0) is 22.7. The van der Waals surface area contributed by atoms with E-state index < -0.39 is 0 Å². The minimum Gasteiger partial charge on any atom is -0.493 e. The van der Waals surface area contributed by atoms with Gasteiger partial charge in [0.05, 0.1) is 30.7 Å². The lowest BCUT2D eigenvalue weighted by Gasteiger charge is -2.16. The molecule has 0 saturated carbocycles. The summed E-state index contributed by atoms with van der Waals surface area (Å²) in [4.78, 5) is 26.7. The molecule has 0 radical (unpaired) electrons. The number of fused-ring (bicyclic) bond motifs is 1. The Morgan fingerprint density at radius 1 is 0.875 bits per heavy atom. The predicted molar refractivity (Wildman–Crippen MR) is 126 cm³/mol. The summed E-state index contributed by atoms with van der Waals surface area (Å²) < 4.78 is 12.8. The third-order valence-electron chi connectivity index (χ3n) is 5.65. The Hall–Kier alpha value is -3.86. The van der Waals surface area contributed by atoms with Crippen LogP contribution in [0.15, 0.2) is 77.7 Å². The van der Waals surface area contributed by atoms with Crippen molar-refractivity contribution in [3.05, 3.63) is 105 Å². The summed E-state index contributed by atoms with van der Waals surface area (Å²) in [6.07, 6.45) is 2.54. The number of carbonyl (C=O) groups is 1. The maximum atomic E-state index is 13.4. The summed E-state index contributed by atoms with van der Waals surface area (Å²) in [5.74, 6) is 0.673. The van der Waals surface area contributed by atoms with E-state index in [-0.39, 0.29) is 16.8 Å². The Morgan fingerprint density at radius 3 is 2.16 bits per heavy atom.